The van der Waals surface area contributed by atoms with Crippen molar-refractivity contribution in [2.75, 3.05) is 0 Å². The minimum Gasteiger partial charge on any atom is -0.0616 e. The Labute approximate surface area is 311 Å². The Kier molecular flexibility index (Phi) is 10.7. The highest BCUT2D eigenvalue weighted by atomic mass is 14.1. The van der Waals surface area contributed by atoms with Crippen LogP contribution in [-0.2, 0) is 77.0 Å². The molecule has 0 saturated carbocycles. The van der Waals surface area contributed by atoms with Gasteiger partial charge in [-0.05, 0) is 155 Å². The summed E-state index contributed by atoms with van der Waals surface area (Å²) in [5.41, 5.74) is 19.7. The summed E-state index contributed by atoms with van der Waals surface area (Å²) < 4.78 is 0. The molecule has 0 radical (unpaired) electrons. The summed E-state index contributed by atoms with van der Waals surface area (Å²) >= 11 is 0. The highest BCUT2D eigenvalue weighted by Crippen LogP contribution is 2.23. The van der Waals surface area contributed by atoms with Crippen LogP contribution in [0.2, 0.25) is 0 Å². The Morgan fingerprint density at radius 3 is 0.712 bits per heavy atom. The lowest BCUT2D eigenvalue weighted by atomic mass is 9.93. The van der Waals surface area contributed by atoms with Crippen molar-refractivity contribution >= 4 is 12.2 Å². The largest absolute Gasteiger partial charge is 0.0616 e. The molecule has 0 unspecified atom stereocenters. The molecule has 52 heavy (non-hydrogen) atoms. The number of hydrogen-bond donors (Lipinski definition) is 0. The molecule has 18 rings (SSSR count). The number of hydrogen-bond acceptors (Lipinski definition) is 0. The fourth-order valence-corrected chi connectivity index (χ4v) is 7.89. The zero-order valence-corrected chi connectivity index (χ0v) is 30.5. The highest BCUT2D eigenvalue weighted by Gasteiger charge is 2.08. The molecule has 0 saturated heterocycles. The van der Waals surface area contributed by atoms with Crippen LogP contribution in [0.3, 0.4) is 0 Å². The molecule has 12 bridgehead atoms. The van der Waals surface area contributed by atoms with Gasteiger partial charge < -0.3 is 0 Å². The summed E-state index contributed by atoms with van der Waals surface area (Å²) in [6, 6.07) is 51.6. The van der Waals surface area contributed by atoms with Crippen LogP contribution < -0.4 is 0 Å². The van der Waals surface area contributed by atoms with E-state index in [0.717, 1.165) is 77.0 Å². The van der Waals surface area contributed by atoms with Gasteiger partial charge in [-0.25, -0.2) is 0 Å². The monoisotopic (exact) mass is 674 g/mol. The minimum atomic E-state index is 1.04. The van der Waals surface area contributed by atoms with Gasteiger partial charge in [0.1, 0.15) is 0 Å². The molecular weight excluding hydrogens is 625 g/mol. The van der Waals surface area contributed by atoms with Gasteiger partial charge in [-0.3, -0.25) is 0 Å². The van der Waals surface area contributed by atoms with Crippen LogP contribution in [0, 0.1) is 0 Å². The van der Waals surface area contributed by atoms with E-state index in [9.17, 15) is 0 Å². The zero-order chi connectivity index (χ0) is 35.0. The van der Waals surface area contributed by atoms with Crippen LogP contribution in [0.1, 0.15) is 77.9 Å². The van der Waals surface area contributed by atoms with E-state index in [2.05, 4.69) is 158 Å². The summed E-state index contributed by atoms with van der Waals surface area (Å²) in [7, 11) is 0. The Morgan fingerprint density at radius 2 is 0.442 bits per heavy atom. The zero-order valence-electron chi connectivity index (χ0n) is 30.5. The first-order chi connectivity index (χ1) is 25.7. The fraction of sp³-hybridized carbons (Fsp3) is 0.231. The van der Waals surface area contributed by atoms with Crippen molar-refractivity contribution in [3.63, 3.8) is 0 Å². The van der Waals surface area contributed by atoms with Crippen molar-refractivity contribution in [1.82, 2.24) is 0 Å². The normalized spacial score (nSPS) is 15.0. The van der Waals surface area contributed by atoms with E-state index < -0.39 is 0 Å². The molecule has 12 aliphatic carbocycles. The smallest absolute Gasteiger partial charge is 0.0222 e. The number of aryl methyl sites for hydroxylation is 12. The third kappa shape index (κ3) is 8.99. The maximum Gasteiger partial charge on any atom is -0.0222 e. The van der Waals surface area contributed by atoms with Crippen LogP contribution in [0.4, 0.5) is 0 Å². The van der Waals surface area contributed by atoms with E-state index in [1.807, 2.05) is 0 Å². The standard InChI is InChI=1S/C52H50/c1(3-51-37-47-27-25-43-13-9-39(10-14-43)5-7-41-17-21-45(22-18-41)29-33-49(51)35-31-47)2-4-52-38-48-28-26-44-15-11-40(12-16-44)6-8-42-19-23-46(24-20-42)30-34-50(52)36-32-48/h1-4,9-24,31-32,35-38H,5-8,25-30,33-34H2/b3-1+,4-2?. The fourth-order valence-electron chi connectivity index (χ4n) is 7.89. The van der Waals surface area contributed by atoms with Gasteiger partial charge in [-0.15, -0.1) is 0 Å². The van der Waals surface area contributed by atoms with E-state index in [1.165, 1.54) is 77.9 Å². The summed E-state index contributed by atoms with van der Waals surface area (Å²) in [6.45, 7) is 0. The maximum atomic E-state index is 2.43. The molecular formula is C52H50. The lowest BCUT2D eigenvalue weighted by Gasteiger charge is -2.12. The van der Waals surface area contributed by atoms with Gasteiger partial charge in [0.15, 0.2) is 0 Å². The predicted molar refractivity (Wildman–Crippen MR) is 221 cm³/mol. The molecule has 6 aromatic rings. The van der Waals surface area contributed by atoms with Gasteiger partial charge in [0.05, 0.1) is 0 Å². The number of benzene rings is 6. The Bertz CT molecular complexity index is 1980. The molecule has 0 N–H and O–H groups in total. The number of allylic oxidation sites excluding steroid dienone is 2. The molecule has 0 amide bonds. The molecule has 0 aromatic heterocycles. The van der Waals surface area contributed by atoms with Crippen LogP contribution in [-0.4, -0.2) is 0 Å². The van der Waals surface area contributed by atoms with Gasteiger partial charge >= 0.3 is 0 Å². The molecule has 0 spiro atoms. The average Bonchev–Trinajstić information content (AvgIpc) is 3.19. The second-order valence-corrected chi connectivity index (χ2v) is 15.1. The molecule has 258 valence electrons. The number of rotatable bonds is 3. The Morgan fingerprint density at radius 1 is 0.231 bits per heavy atom. The summed E-state index contributed by atoms with van der Waals surface area (Å²) in [4.78, 5) is 0. The SMILES string of the molecule is C(=Cc1cc2ccc1CCc1ccc(cc1)CCc1ccc(cc1)CC2)/C=C/c1cc2ccc1CCc1ccc(cc1)CCc1ccc(cc1)CC2. The molecule has 0 heteroatoms. The Hall–Kier alpha value is -5.20. The third-order valence-electron chi connectivity index (χ3n) is 11.4. The highest BCUT2D eigenvalue weighted by molar-refractivity contribution is 5.62. The van der Waals surface area contributed by atoms with E-state index in [0.29, 0.717) is 0 Å². The van der Waals surface area contributed by atoms with Crippen molar-refractivity contribution in [3.05, 3.63) is 224 Å². The van der Waals surface area contributed by atoms with Gasteiger partial charge in [0.25, 0.3) is 0 Å². The van der Waals surface area contributed by atoms with Gasteiger partial charge in [-0.1, -0.05) is 158 Å². The predicted octanol–water partition coefficient (Wildman–Crippen LogP) is 11.8. The second kappa shape index (κ2) is 16.4. The summed E-state index contributed by atoms with van der Waals surface area (Å²) in [6.07, 6.45) is 22.0. The van der Waals surface area contributed by atoms with E-state index in [4.69, 9.17) is 0 Å². The molecule has 0 nitrogen and oxygen atoms in total. The van der Waals surface area contributed by atoms with Crippen molar-refractivity contribution in [2.45, 2.75) is 77.0 Å². The van der Waals surface area contributed by atoms with Crippen molar-refractivity contribution < 1.29 is 0 Å². The summed E-state index contributed by atoms with van der Waals surface area (Å²) in [5, 5.41) is 0. The molecule has 0 fully saturated rings. The van der Waals surface area contributed by atoms with Crippen molar-refractivity contribution in [1.29, 1.82) is 0 Å². The van der Waals surface area contributed by atoms with Gasteiger partial charge in [0, 0.05) is 0 Å². The van der Waals surface area contributed by atoms with Crippen molar-refractivity contribution in [3.8, 4) is 0 Å². The molecule has 6 aromatic carbocycles. The maximum absolute atomic E-state index is 2.43. The van der Waals surface area contributed by atoms with E-state index >= 15 is 0 Å². The van der Waals surface area contributed by atoms with E-state index in [1.54, 1.807) is 0 Å². The second-order valence-electron chi connectivity index (χ2n) is 15.1. The first-order valence-corrected chi connectivity index (χ1v) is 19.6. The first kappa shape index (κ1) is 33.9. The quantitative estimate of drug-likeness (QED) is 0.164. The Balaban J connectivity index is 1.05. The van der Waals surface area contributed by atoms with Crippen LogP contribution >= 0.6 is 0 Å². The summed E-state index contributed by atoms with van der Waals surface area (Å²) in [5.74, 6) is 0. The molecule has 0 heterocycles. The van der Waals surface area contributed by atoms with Crippen LogP contribution in [0.5, 0.6) is 0 Å². The van der Waals surface area contributed by atoms with Gasteiger partial charge in [-0.2, -0.15) is 0 Å². The minimum absolute atomic E-state index is 1.04. The molecule has 12 aliphatic rings. The van der Waals surface area contributed by atoms with Crippen LogP contribution in [0.15, 0.2) is 146 Å². The lowest BCUT2D eigenvalue weighted by Crippen LogP contribution is -1.99. The molecule has 0 atom stereocenters. The van der Waals surface area contributed by atoms with Crippen molar-refractivity contribution in [2.24, 2.45) is 0 Å². The topological polar surface area (TPSA) is 0 Å². The van der Waals surface area contributed by atoms with Gasteiger partial charge in [0.2, 0.25) is 0 Å². The first-order valence-electron chi connectivity index (χ1n) is 19.6. The molecule has 0 aliphatic heterocycles. The van der Waals surface area contributed by atoms with Crippen LogP contribution in [0.25, 0.3) is 12.2 Å². The third-order valence-corrected chi connectivity index (χ3v) is 11.4. The average molecular weight is 675 g/mol. The van der Waals surface area contributed by atoms with E-state index in [-0.39, 0.29) is 0 Å². The lowest BCUT2D eigenvalue weighted by molar-refractivity contribution is 0.920.